The number of carbonyl (C=O) groups is 1. The van der Waals surface area contributed by atoms with E-state index < -0.39 is 5.54 Å². The van der Waals surface area contributed by atoms with Crippen LogP contribution in [0.4, 0.5) is 0 Å². The van der Waals surface area contributed by atoms with Crippen LogP contribution in [0.2, 0.25) is 4.34 Å². The van der Waals surface area contributed by atoms with Crippen LogP contribution >= 0.6 is 34.7 Å². The van der Waals surface area contributed by atoms with Crippen molar-refractivity contribution in [3.63, 3.8) is 0 Å². The number of aliphatic hydroxyl groups is 1. The van der Waals surface area contributed by atoms with E-state index in [-0.39, 0.29) is 12.5 Å². The Morgan fingerprint density at radius 2 is 2.22 bits per heavy atom. The third kappa shape index (κ3) is 4.46. The van der Waals surface area contributed by atoms with Gasteiger partial charge in [-0.3, -0.25) is 4.79 Å². The van der Waals surface area contributed by atoms with E-state index in [2.05, 4.69) is 0 Å². The van der Waals surface area contributed by atoms with E-state index in [0.29, 0.717) is 5.75 Å². The lowest BCUT2D eigenvalue weighted by Crippen LogP contribution is -2.48. The first-order valence-electron chi connectivity index (χ1n) is 5.56. The predicted molar refractivity (Wildman–Crippen MR) is 79.4 cm³/mol. The molecule has 0 unspecified atom stereocenters. The molecule has 0 aliphatic rings. The highest BCUT2D eigenvalue weighted by molar-refractivity contribution is 7.99. The summed E-state index contributed by atoms with van der Waals surface area (Å²) >= 11 is 8.94. The van der Waals surface area contributed by atoms with Crippen LogP contribution in [0.25, 0.3) is 0 Å². The number of likely N-dealkylation sites (N-methyl/N-ethyl adjacent to an activating group) is 1. The number of rotatable bonds is 6. The summed E-state index contributed by atoms with van der Waals surface area (Å²) in [4.78, 5) is 14.7. The van der Waals surface area contributed by atoms with Gasteiger partial charge >= 0.3 is 0 Å². The van der Waals surface area contributed by atoms with Crippen molar-refractivity contribution in [2.24, 2.45) is 0 Å². The molecule has 1 rings (SSSR count). The van der Waals surface area contributed by atoms with Gasteiger partial charge in [0, 0.05) is 17.7 Å². The lowest BCUT2D eigenvalue weighted by Gasteiger charge is -2.33. The predicted octanol–water partition coefficient (Wildman–Crippen LogP) is 2.86. The number of carbonyl (C=O) groups excluding carboxylic acids is 1. The van der Waals surface area contributed by atoms with E-state index in [1.807, 2.05) is 26.0 Å². The molecule has 0 radical (unpaired) electrons. The maximum atomic E-state index is 11.9. The molecule has 1 heterocycles. The highest BCUT2D eigenvalue weighted by Crippen LogP contribution is 2.25. The Balaban J connectivity index is 2.37. The zero-order valence-corrected chi connectivity index (χ0v) is 13.2. The Labute approximate surface area is 121 Å². The second-order valence-electron chi connectivity index (χ2n) is 4.62. The van der Waals surface area contributed by atoms with Gasteiger partial charge in [-0.2, -0.15) is 0 Å². The molecule has 0 saturated carbocycles. The first-order chi connectivity index (χ1) is 8.36. The first kappa shape index (κ1) is 15.8. The summed E-state index contributed by atoms with van der Waals surface area (Å²) < 4.78 is 0.774. The molecule has 0 saturated heterocycles. The van der Waals surface area contributed by atoms with Gasteiger partial charge < -0.3 is 10.0 Å². The second kappa shape index (κ2) is 6.80. The number of thioether (sulfide) groups is 1. The molecule has 1 aromatic rings. The molecule has 1 amide bonds. The summed E-state index contributed by atoms with van der Waals surface area (Å²) in [6, 6.07) is 3.84. The molecule has 3 nitrogen and oxygen atoms in total. The largest absolute Gasteiger partial charge is 0.394 e. The Morgan fingerprint density at radius 3 is 2.72 bits per heavy atom. The van der Waals surface area contributed by atoms with Crippen molar-refractivity contribution in [2.75, 3.05) is 19.4 Å². The van der Waals surface area contributed by atoms with Crippen molar-refractivity contribution in [2.45, 2.75) is 25.1 Å². The van der Waals surface area contributed by atoms with Gasteiger partial charge in [0.05, 0.1) is 22.2 Å². The third-order valence-corrected chi connectivity index (χ3v) is 5.15. The van der Waals surface area contributed by atoms with Crippen molar-refractivity contribution in [3.05, 3.63) is 21.3 Å². The SMILES string of the molecule is CN(C(=O)CSCc1ccc(Cl)s1)C(C)(C)CO. The summed E-state index contributed by atoms with van der Waals surface area (Å²) in [5, 5.41) is 9.21. The van der Waals surface area contributed by atoms with Gasteiger partial charge in [-0.05, 0) is 26.0 Å². The molecular weight excluding hydrogens is 290 g/mol. The Kier molecular flexibility index (Phi) is 5.98. The zero-order chi connectivity index (χ0) is 13.8. The van der Waals surface area contributed by atoms with Crippen LogP contribution in [0, 0.1) is 0 Å². The quantitative estimate of drug-likeness (QED) is 0.878. The lowest BCUT2D eigenvalue weighted by atomic mass is 10.1. The summed E-state index contributed by atoms with van der Waals surface area (Å²) in [5.74, 6) is 1.23. The van der Waals surface area contributed by atoms with Gasteiger partial charge in [0.15, 0.2) is 0 Å². The third-order valence-electron chi connectivity index (χ3n) is 2.77. The molecule has 0 atom stereocenters. The van der Waals surface area contributed by atoms with E-state index >= 15 is 0 Å². The molecule has 18 heavy (non-hydrogen) atoms. The second-order valence-corrected chi connectivity index (χ2v) is 7.41. The molecule has 0 aromatic carbocycles. The van der Waals surface area contributed by atoms with Crippen molar-refractivity contribution < 1.29 is 9.90 Å². The van der Waals surface area contributed by atoms with Gasteiger partial charge in [0.25, 0.3) is 0 Å². The van der Waals surface area contributed by atoms with Gasteiger partial charge in [0.1, 0.15) is 0 Å². The van der Waals surface area contributed by atoms with Gasteiger partial charge in [0.2, 0.25) is 5.91 Å². The molecule has 102 valence electrons. The monoisotopic (exact) mass is 307 g/mol. The van der Waals surface area contributed by atoms with Gasteiger partial charge in [-0.25, -0.2) is 0 Å². The first-order valence-corrected chi connectivity index (χ1v) is 7.91. The number of amides is 1. The van der Waals surface area contributed by atoms with E-state index in [1.54, 1.807) is 23.7 Å². The minimum absolute atomic E-state index is 0.0294. The van der Waals surface area contributed by atoms with Gasteiger partial charge in [-0.1, -0.05) is 11.6 Å². The molecule has 1 N–H and O–H groups in total. The molecule has 0 aliphatic heterocycles. The van der Waals surface area contributed by atoms with Crippen LogP contribution < -0.4 is 0 Å². The topological polar surface area (TPSA) is 40.5 Å². The number of hydrogen-bond donors (Lipinski definition) is 1. The highest BCUT2D eigenvalue weighted by atomic mass is 35.5. The summed E-state index contributed by atoms with van der Waals surface area (Å²) in [6.45, 7) is 3.64. The normalized spacial score (nSPS) is 11.6. The average molecular weight is 308 g/mol. The highest BCUT2D eigenvalue weighted by Gasteiger charge is 2.26. The molecule has 1 aromatic heterocycles. The minimum atomic E-state index is -0.510. The molecule has 6 heteroatoms. The number of nitrogens with zero attached hydrogens (tertiary/aromatic N) is 1. The van der Waals surface area contributed by atoms with Crippen LogP contribution in [0.15, 0.2) is 12.1 Å². The fraction of sp³-hybridized carbons (Fsp3) is 0.583. The molecule has 0 spiro atoms. The summed E-state index contributed by atoms with van der Waals surface area (Å²) in [7, 11) is 1.72. The van der Waals surface area contributed by atoms with Crippen molar-refractivity contribution >= 4 is 40.6 Å². The number of thiophene rings is 1. The number of hydrogen-bond acceptors (Lipinski definition) is 4. The zero-order valence-electron chi connectivity index (χ0n) is 10.8. The maximum absolute atomic E-state index is 11.9. The van der Waals surface area contributed by atoms with E-state index in [4.69, 9.17) is 11.6 Å². The van der Waals surface area contributed by atoms with Crippen LogP contribution in [0.1, 0.15) is 18.7 Å². The van der Waals surface area contributed by atoms with Crippen molar-refractivity contribution in [3.8, 4) is 0 Å². The average Bonchev–Trinajstić information content (AvgIpc) is 2.74. The van der Waals surface area contributed by atoms with Crippen LogP contribution in [0.5, 0.6) is 0 Å². The van der Waals surface area contributed by atoms with Crippen molar-refractivity contribution in [1.82, 2.24) is 4.90 Å². The Bertz CT molecular complexity index is 407. The van der Waals surface area contributed by atoms with Gasteiger partial charge in [-0.15, -0.1) is 23.1 Å². The molecule has 0 bridgehead atoms. The fourth-order valence-corrected chi connectivity index (χ4v) is 3.35. The van der Waals surface area contributed by atoms with Crippen LogP contribution in [-0.2, 0) is 10.5 Å². The lowest BCUT2D eigenvalue weighted by molar-refractivity contribution is -0.133. The van der Waals surface area contributed by atoms with E-state index in [1.165, 1.54) is 16.2 Å². The molecule has 0 aliphatic carbocycles. The maximum Gasteiger partial charge on any atom is 0.232 e. The van der Waals surface area contributed by atoms with Crippen LogP contribution in [0.3, 0.4) is 0 Å². The standard InChI is InChI=1S/C12H18ClNO2S2/c1-12(2,8-15)14(3)11(16)7-17-6-9-4-5-10(13)18-9/h4-5,15H,6-8H2,1-3H3. The van der Waals surface area contributed by atoms with Crippen LogP contribution in [-0.4, -0.2) is 40.9 Å². The Morgan fingerprint density at radius 1 is 1.56 bits per heavy atom. The minimum Gasteiger partial charge on any atom is -0.394 e. The van der Waals surface area contributed by atoms with E-state index in [9.17, 15) is 9.90 Å². The number of aliphatic hydroxyl groups excluding tert-OH is 1. The summed E-state index contributed by atoms with van der Waals surface area (Å²) in [6.07, 6.45) is 0. The fourth-order valence-electron chi connectivity index (χ4n) is 1.21. The molecule has 0 fully saturated rings. The van der Waals surface area contributed by atoms with Crippen molar-refractivity contribution in [1.29, 1.82) is 0 Å². The smallest absolute Gasteiger partial charge is 0.232 e. The number of halogens is 1. The Hall–Kier alpha value is -0.230. The molecular formula is C12H18ClNO2S2. The summed E-state index contributed by atoms with van der Waals surface area (Å²) in [5.41, 5.74) is -0.510. The van der Waals surface area contributed by atoms with E-state index in [0.717, 1.165) is 10.1 Å².